The second-order valence-corrected chi connectivity index (χ2v) is 9.68. The Bertz CT molecular complexity index is 478. The molecule has 118 valence electrons. The molecular weight excluding hydrogens is 256 g/mol. The Labute approximate surface area is 130 Å². The molecule has 3 unspecified atom stereocenters. The fraction of sp³-hybridized carbons (Fsp3) is 0.900. The van der Waals surface area contributed by atoms with Crippen molar-refractivity contribution < 1.29 is 5.11 Å². The van der Waals surface area contributed by atoms with Crippen LogP contribution in [0.4, 0.5) is 0 Å². The number of hydrogen-bond donors (Lipinski definition) is 1. The van der Waals surface area contributed by atoms with Crippen LogP contribution < -0.4 is 0 Å². The molecule has 1 nitrogen and oxygen atoms in total. The van der Waals surface area contributed by atoms with Crippen LogP contribution in [0.25, 0.3) is 0 Å². The summed E-state index contributed by atoms with van der Waals surface area (Å²) in [6, 6.07) is 0. The van der Waals surface area contributed by atoms with Crippen LogP contribution in [0.15, 0.2) is 12.2 Å². The maximum atomic E-state index is 11.0. The lowest BCUT2D eigenvalue weighted by molar-refractivity contribution is -0.167. The Morgan fingerprint density at radius 1 is 1.00 bits per heavy atom. The summed E-state index contributed by atoms with van der Waals surface area (Å²) < 4.78 is 0. The van der Waals surface area contributed by atoms with Crippen LogP contribution in [0.2, 0.25) is 0 Å². The van der Waals surface area contributed by atoms with Gasteiger partial charge in [-0.1, -0.05) is 33.8 Å². The quantitative estimate of drug-likeness (QED) is 0.626. The molecule has 21 heavy (non-hydrogen) atoms. The Hall–Kier alpha value is -0.300. The first kappa shape index (κ1) is 14.3. The van der Waals surface area contributed by atoms with Crippen molar-refractivity contribution in [2.75, 3.05) is 0 Å². The van der Waals surface area contributed by atoms with Crippen LogP contribution in [0.3, 0.4) is 0 Å². The molecule has 0 aromatic heterocycles. The van der Waals surface area contributed by atoms with Crippen LogP contribution >= 0.6 is 0 Å². The van der Waals surface area contributed by atoms with Gasteiger partial charge in [-0.05, 0) is 79.1 Å². The average molecular weight is 288 g/mol. The van der Waals surface area contributed by atoms with Gasteiger partial charge in [-0.25, -0.2) is 0 Å². The summed E-state index contributed by atoms with van der Waals surface area (Å²) in [6.45, 7) is 11.9. The molecule has 1 spiro atoms. The van der Waals surface area contributed by atoms with Crippen molar-refractivity contribution in [2.45, 2.75) is 78.2 Å². The van der Waals surface area contributed by atoms with Crippen molar-refractivity contribution in [1.29, 1.82) is 0 Å². The molecule has 0 aliphatic heterocycles. The van der Waals surface area contributed by atoms with Crippen molar-refractivity contribution in [3.05, 3.63) is 12.2 Å². The maximum Gasteiger partial charge on any atom is 0.0809 e. The minimum Gasteiger partial charge on any atom is -0.388 e. The molecule has 1 N–H and O–H groups in total. The van der Waals surface area contributed by atoms with E-state index in [0.717, 1.165) is 11.8 Å². The molecule has 0 radical (unpaired) electrons. The van der Waals surface area contributed by atoms with Gasteiger partial charge >= 0.3 is 0 Å². The summed E-state index contributed by atoms with van der Waals surface area (Å²) >= 11 is 0. The Balaban J connectivity index is 1.77. The minimum atomic E-state index is -0.210. The summed E-state index contributed by atoms with van der Waals surface area (Å²) in [4.78, 5) is 0. The van der Waals surface area contributed by atoms with Crippen LogP contribution in [0.5, 0.6) is 0 Å². The second-order valence-electron chi connectivity index (χ2n) is 9.68. The Morgan fingerprint density at radius 2 is 1.76 bits per heavy atom. The van der Waals surface area contributed by atoms with Gasteiger partial charge in [0.25, 0.3) is 0 Å². The zero-order valence-corrected chi connectivity index (χ0v) is 14.1. The van der Waals surface area contributed by atoms with Crippen molar-refractivity contribution in [1.82, 2.24) is 0 Å². The molecule has 4 aliphatic rings. The third-order valence-electron chi connectivity index (χ3n) is 8.51. The van der Waals surface area contributed by atoms with Gasteiger partial charge in [0.1, 0.15) is 0 Å². The average Bonchev–Trinajstić information content (AvgIpc) is 2.59. The number of hydrogen-bond acceptors (Lipinski definition) is 1. The van der Waals surface area contributed by atoms with Crippen molar-refractivity contribution in [2.24, 2.45) is 34.0 Å². The van der Waals surface area contributed by atoms with Crippen molar-refractivity contribution in [3.63, 3.8) is 0 Å². The molecule has 2 bridgehead atoms. The first-order valence-corrected chi connectivity index (χ1v) is 9.18. The first-order valence-electron chi connectivity index (χ1n) is 9.18. The van der Waals surface area contributed by atoms with Crippen LogP contribution in [0, 0.1) is 34.0 Å². The highest BCUT2D eigenvalue weighted by Gasteiger charge is 2.65. The third kappa shape index (κ3) is 1.62. The second kappa shape index (κ2) is 4.16. The lowest BCUT2D eigenvalue weighted by Gasteiger charge is -2.64. The number of aliphatic hydroxyl groups excluding tert-OH is 1. The van der Waals surface area contributed by atoms with Gasteiger partial charge in [0.2, 0.25) is 0 Å². The lowest BCUT2D eigenvalue weighted by Crippen LogP contribution is -2.58. The van der Waals surface area contributed by atoms with E-state index in [-0.39, 0.29) is 11.5 Å². The smallest absolute Gasteiger partial charge is 0.0809 e. The molecule has 6 atom stereocenters. The Morgan fingerprint density at radius 3 is 2.52 bits per heavy atom. The van der Waals surface area contributed by atoms with Gasteiger partial charge in [-0.2, -0.15) is 0 Å². The van der Waals surface area contributed by atoms with Crippen LogP contribution in [0.1, 0.15) is 72.1 Å². The highest BCUT2D eigenvalue weighted by Crippen LogP contribution is 2.71. The molecule has 4 rings (SSSR count). The summed E-state index contributed by atoms with van der Waals surface area (Å²) in [6.07, 6.45) is 10.4. The van der Waals surface area contributed by atoms with E-state index in [1.807, 2.05) is 0 Å². The lowest BCUT2D eigenvalue weighted by atomic mass is 9.41. The molecule has 0 saturated heterocycles. The van der Waals surface area contributed by atoms with Gasteiger partial charge in [0, 0.05) is 5.41 Å². The summed E-state index contributed by atoms with van der Waals surface area (Å²) in [7, 11) is 0. The maximum absolute atomic E-state index is 11.0. The molecular formula is C20H32O. The predicted molar refractivity (Wildman–Crippen MR) is 86.9 cm³/mol. The van der Waals surface area contributed by atoms with E-state index in [1.165, 1.54) is 56.9 Å². The molecule has 0 heterocycles. The van der Waals surface area contributed by atoms with Gasteiger partial charge in [0.05, 0.1) is 6.10 Å². The van der Waals surface area contributed by atoms with E-state index in [2.05, 4.69) is 27.4 Å². The predicted octanol–water partition coefficient (Wildman–Crippen LogP) is 4.95. The van der Waals surface area contributed by atoms with Crippen LogP contribution in [-0.2, 0) is 0 Å². The number of aliphatic hydroxyl groups is 1. The highest BCUT2D eigenvalue weighted by atomic mass is 16.3. The Kier molecular flexibility index (Phi) is 2.83. The fourth-order valence-electron chi connectivity index (χ4n) is 7.69. The van der Waals surface area contributed by atoms with Gasteiger partial charge in [0.15, 0.2) is 0 Å². The van der Waals surface area contributed by atoms with E-state index >= 15 is 0 Å². The molecule has 0 aromatic carbocycles. The molecule has 0 aromatic rings. The largest absolute Gasteiger partial charge is 0.388 e. The van der Waals surface area contributed by atoms with E-state index in [0.29, 0.717) is 16.7 Å². The monoisotopic (exact) mass is 288 g/mol. The molecule has 4 saturated carbocycles. The summed E-state index contributed by atoms with van der Waals surface area (Å²) in [5, 5.41) is 11.0. The minimum absolute atomic E-state index is 0.193. The topological polar surface area (TPSA) is 20.2 Å². The number of fused-ring (bicyclic) bond motifs is 3. The van der Waals surface area contributed by atoms with Crippen LogP contribution in [-0.4, -0.2) is 11.2 Å². The van der Waals surface area contributed by atoms with E-state index in [1.54, 1.807) is 0 Å². The SMILES string of the molecule is C=C1C2CC[C@H]3C4(C)CCCC(C)(C)[C@H]4CCC3(C2)[C@@H]1O. The standard InChI is InChI=1S/C20H32O/c1-13-14-6-7-16-19(4)10-5-9-18(2,3)15(19)8-11-20(16,12-14)17(13)21/h14-17,21H,1,5-12H2,2-4H3/t14?,15-,16+,17-,19?,20?/m1/s1. The first-order chi connectivity index (χ1) is 9.81. The molecule has 1 heteroatoms. The van der Waals surface area contributed by atoms with Crippen molar-refractivity contribution >= 4 is 0 Å². The van der Waals surface area contributed by atoms with E-state index in [9.17, 15) is 5.11 Å². The van der Waals surface area contributed by atoms with Crippen molar-refractivity contribution in [3.8, 4) is 0 Å². The zero-order valence-electron chi connectivity index (χ0n) is 14.1. The third-order valence-corrected chi connectivity index (χ3v) is 8.51. The van der Waals surface area contributed by atoms with Gasteiger partial charge < -0.3 is 5.11 Å². The summed E-state index contributed by atoms with van der Waals surface area (Å²) in [5.74, 6) is 2.20. The van der Waals surface area contributed by atoms with E-state index < -0.39 is 0 Å². The zero-order chi connectivity index (χ0) is 15.0. The fourth-order valence-corrected chi connectivity index (χ4v) is 7.69. The molecule has 4 fully saturated rings. The molecule has 0 amide bonds. The van der Waals surface area contributed by atoms with Gasteiger partial charge in [-0.3, -0.25) is 0 Å². The summed E-state index contributed by atoms with van der Waals surface area (Å²) in [5.41, 5.74) is 2.32. The highest BCUT2D eigenvalue weighted by molar-refractivity contribution is 5.27. The number of rotatable bonds is 0. The molecule has 4 aliphatic carbocycles. The normalized spacial score (nSPS) is 55.0. The van der Waals surface area contributed by atoms with Gasteiger partial charge in [-0.15, -0.1) is 0 Å². The van der Waals surface area contributed by atoms with E-state index in [4.69, 9.17) is 0 Å².